The molecule has 1 N–H and O–H groups in total. The standard InChI is InChI=1S/C16H15N3O3S3/c1-19(2)25(21,22)12-6-3-5-11(9-12)17-15(20)13-10-24-16(18-13)14-7-4-8-23-14/h3-10H,1-2H3,(H,17,20). The van der Waals surface area contributed by atoms with Crippen molar-refractivity contribution in [3.63, 3.8) is 0 Å². The number of amides is 1. The van der Waals surface area contributed by atoms with Gasteiger partial charge in [0.25, 0.3) is 5.91 Å². The number of carbonyl (C=O) groups excluding carboxylic acids is 1. The Morgan fingerprint density at radius 2 is 1.96 bits per heavy atom. The average molecular weight is 394 g/mol. The van der Waals surface area contributed by atoms with Crippen molar-refractivity contribution in [3.05, 3.63) is 52.9 Å². The first-order chi connectivity index (χ1) is 11.9. The molecular formula is C16H15N3O3S3. The Balaban J connectivity index is 1.80. The van der Waals surface area contributed by atoms with Gasteiger partial charge in [-0.3, -0.25) is 4.79 Å². The van der Waals surface area contributed by atoms with Crippen LogP contribution >= 0.6 is 22.7 Å². The van der Waals surface area contributed by atoms with Gasteiger partial charge in [-0.05, 0) is 29.6 Å². The first-order valence-corrected chi connectivity index (χ1v) is 10.4. The van der Waals surface area contributed by atoms with E-state index in [4.69, 9.17) is 0 Å². The summed E-state index contributed by atoms with van der Waals surface area (Å²) in [6.45, 7) is 0. The van der Waals surface area contributed by atoms with Crippen LogP contribution in [0.2, 0.25) is 0 Å². The van der Waals surface area contributed by atoms with E-state index in [9.17, 15) is 13.2 Å². The number of hydrogen-bond acceptors (Lipinski definition) is 6. The monoisotopic (exact) mass is 393 g/mol. The molecule has 2 heterocycles. The van der Waals surface area contributed by atoms with Crippen molar-refractivity contribution in [3.8, 4) is 9.88 Å². The van der Waals surface area contributed by atoms with E-state index < -0.39 is 10.0 Å². The van der Waals surface area contributed by atoms with Gasteiger partial charge in [-0.1, -0.05) is 12.1 Å². The van der Waals surface area contributed by atoms with Gasteiger partial charge in [0.2, 0.25) is 10.0 Å². The molecule has 9 heteroatoms. The second-order valence-corrected chi connectivity index (χ2v) is 9.24. The number of nitrogens with one attached hydrogen (secondary N) is 1. The van der Waals surface area contributed by atoms with Crippen LogP contribution in [0.15, 0.2) is 52.1 Å². The summed E-state index contributed by atoms with van der Waals surface area (Å²) < 4.78 is 25.5. The molecule has 0 radical (unpaired) electrons. The van der Waals surface area contributed by atoms with Crippen LogP contribution in [0.3, 0.4) is 0 Å². The summed E-state index contributed by atoms with van der Waals surface area (Å²) in [5, 5.41) is 7.11. The topological polar surface area (TPSA) is 79.4 Å². The van der Waals surface area contributed by atoms with E-state index in [0.29, 0.717) is 11.4 Å². The first-order valence-electron chi connectivity index (χ1n) is 7.21. The van der Waals surface area contributed by atoms with Crippen LogP contribution < -0.4 is 5.32 Å². The number of nitrogens with zero attached hydrogens (tertiary/aromatic N) is 2. The van der Waals surface area contributed by atoms with Crippen molar-refractivity contribution in [2.75, 3.05) is 19.4 Å². The molecule has 25 heavy (non-hydrogen) atoms. The molecule has 0 spiro atoms. The zero-order chi connectivity index (χ0) is 18.0. The summed E-state index contributed by atoms with van der Waals surface area (Å²) in [5.41, 5.74) is 0.702. The van der Waals surface area contributed by atoms with Crippen molar-refractivity contribution in [2.24, 2.45) is 0 Å². The number of sulfonamides is 1. The van der Waals surface area contributed by atoms with Gasteiger partial charge in [-0.15, -0.1) is 22.7 Å². The first kappa shape index (κ1) is 17.7. The number of thiophene rings is 1. The van der Waals surface area contributed by atoms with E-state index >= 15 is 0 Å². The third kappa shape index (κ3) is 3.79. The number of aromatic nitrogens is 1. The Hall–Kier alpha value is -2.07. The summed E-state index contributed by atoms with van der Waals surface area (Å²) in [6.07, 6.45) is 0. The third-order valence-electron chi connectivity index (χ3n) is 3.34. The van der Waals surface area contributed by atoms with Gasteiger partial charge in [0.05, 0.1) is 9.77 Å². The Morgan fingerprint density at radius 3 is 2.64 bits per heavy atom. The van der Waals surface area contributed by atoms with Crippen LogP contribution in [0.25, 0.3) is 9.88 Å². The summed E-state index contributed by atoms with van der Waals surface area (Å²) in [6, 6.07) is 10.0. The Kier molecular flexibility index (Phi) is 5.00. The number of anilines is 1. The van der Waals surface area contributed by atoms with E-state index in [1.807, 2.05) is 17.5 Å². The molecule has 0 saturated heterocycles. The van der Waals surface area contributed by atoms with E-state index in [1.165, 1.54) is 37.6 Å². The molecule has 0 unspecified atom stereocenters. The highest BCUT2D eigenvalue weighted by Gasteiger charge is 2.18. The molecule has 0 aliphatic carbocycles. The summed E-state index contributed by atoms with van der Waals surface area (Å²) in [4.78, 5) is 17.8. The second kappa shape index (κ2) is 7.04. The molecule has 0 saturated carbocycles. The average Bonchev–Trinajstić information content (AvgIpc) is 3.26. The number of benzene rings is 1. The molecule has 130 valence electrons. The van der Waals surface area contributed by atoms with E-state index in [0.717, 1.165) is 14.2 Å². The number of thiazole rings is 1. The maximum atomic E-state index is 12.4. The second-order valence-electron chi connectivity index (χ2n) is 5.28. The van der Waals surface area contributed by atoms with Crippen molar-refractivity contribution in [1.82, 2.24) is 9.29 Å². The molecule has 0 atom stereocenters. The van der Waals surface area contributed by atoms with Crippen molar-refractivity contribution < 1.29 is 13.2 Å². The molecular weight excluding hydrogens is 378 g/mol. The molecule has 0 aliphatic rings. The minimum atomic E-state index is -3.56. The fourth-order valence-electron chi connectivity index (χ4n) is 2.03. The van der Waals surface area contributed by atoms with Crippen LogP contribution in [0.1, 0.15) is 10.5 Å². The lowest BCUT2D eigenvalue weighted by atomic mass is 10.3. The third-order valence-corrected chi connectivity index (χ3v) is 7.03. The molecule has 1 amide bonds. The maximum Gasteiger partial charge on any atom is 0.275 e. The van der Waals surface area contributed by atoms with Gasteiger partial charge >= 0.3 is 0 Å². The van der Waals surface area contributed by atoms with Gasteiger partial charge in [-0.2, -0.15) is 0 Å². The summed E-state index contributed by atoms with van der Waals surface area (Å²) in [5.74, 6) is -0.376. The normalized spacial score (nSPS) is 11.6. The highest BCUT2D eigenvalue weighted by Crippen LogP contribution is 2.28. The van der Waals surface area contributed by atoms with Gasteiger partial charge < -0.3 is 5.32 Å². The molecule has 2 aromatic heterocycles. The highest BCUT2D eigenvalue weighted by atomic mass is 32.2. The summed E-state index contributed by atoms with van der Waals surface area (Å²) >= 11 is 2.95. The smallest absolute Gasteiger partial charge is 0.275 e. The Morgan fingerprint density at radius 1 is 1.16 bits per heavy atom. The van der Waals surface area contributed by atoms with Gasteiger partial charge in [0.15, 0.2) is 0 Å². The molecule has 3 rings (SSSR count). The number of rotatable bonds is 5. The van der Waals surface area contributed by atoms with Crippen molar-refractivity contribution in [2.45, 2.75) is 4.90 Å². The lowest BCUT2D eigenvalue weighted by Gasteiger charge is -2.12. The van der Waals surface area contributed by atoms with E-state index in [-0.39, 0.29) is 10.8 Å². The van der Waals surface area contributed by atoms with Crippen LogP contribution in [0.5, 0.6) is 0 Å². The van der Waals surface area contributed by atoms with E-state index in [2.05, 4.69) is 10.3 Å². The molecule has 0 bridgehead atoms. The fourth-order valence-corrected chi connectivity index (χ4v) is 4.59. The minimum absolute atomic E-state index is 0.118. The molecule has 1 aromatic carbocycles. The van der Waals surface area contributed by atoms with Gasteiger partial charge in [-0.25, -0.2) is 17.7 Å². The lowest BCUT2D eigenvalue weighted by molar-refractivity contribution is 0.102. The quantitative estimate of drug-likeness (QED) is 0.721. The molecule has 3 aromatic rings. The predicted octanol–water partition coefficient (Wildman–Crippen LogP) is 3.37. The van der Waals surface area contributed by atoms with Gasteiger partial charge in [0, 0.05) is 25.2 Å². The number of carbonyl (C=O) groups is 1. The van der Waals surface area contributed by atoms with Crippen LogP contribution in [0.4, 0.5) is 5.69 Å². The van der Waals surface area contributed by atoms with Crippen molar-refractivity contribution >= 4 is 44.3 Å². The zero-order valence-electron chi connectivity index (χ0n) is 13.5. The zero-order valence-corrected chi connectivity index (χ0v) is 15.9. The fraction of sp³-hybridized carbons (Fsp3) is 0.125. The maximum absolute atomic E-state index is 12.4. The number of hydrogen-bond donors (Lipinski definition) is 1. The van der Waals surface area contributed by atoms with Crippen LogP contribution in [-0.2, 0) is 10.0 Å². The Labute approximate surface area is 153 Å². The molecule has 6 nitrogen and oxygen atoms in total. The highest BCUT2D eigenvalue weighted by molar-refractivity contribution is 7.89. The van der Waals surface area contributed by atoms with Crippen LogP contribution in [0, 0.1) is 0 Å². The molecule has 0 aliphatic heterocycles. The Bertz CT molecular complexity index is 993. The van der Waals surface area contributed by atoms with Gasteiger partial charge in [0.1, 0.15) is 10.7 Å². The lowest BCUT2D eigenvalue weighted by Crippen LogP contribution is -2.22. The molecule has 0 fully saturated rings. The van der Waals surface area contributed by atoms with Crippen LogP contribution in [-0.4, -0.2) is 37.7 Å². The van der Waals surface area contributed by atoms with Crippen molar-refractivity contribution in [1.29, 1.82) is 0 Å². The predicted molar refractivity (Wildman–Crippen MR) is 101 cm³/mol. The largest absolute Gasteiger partial charge is 0.321 e. The SMILES string of the molecule is CN(C)S(=O)(=O)c1cccc(NC(=O)c2csc(-c3cccs3)n2)c1. The van der Waals surface area contributed by atoms with E-state index in [1.54, 1.807) is 28.8 Å². The summed E-state index contributed by atoms with van der Waals surface area (Å²) in [7, 11) is -0.635. The minimum Gasteiger partial charge on any atom is -0.321 e.